The molecule has 0 aromatic carbocycles. The molecule has 1 aliphatic heterocycles. The lowest BCUT2D eigenvalue weighted by Crippen LogP contribution is -2.32. The molecule has 18 heavy (non-hydrogen) atoms. The van der Waals surface area contributed by atoms with E-state index in [4.69, 9.17) is 22.1 Å². The molecule has 1 rings (SSSR count). The minimum Gasteiger partial charge on any atom is -0.481 e. The van der Waals surface area contributed by atoms with Crippen molar-refractivity contribution in [1.82, 2.24) is 9.80 Å². The monoisotopic (exact) mass is 272 g/mol. The quantitative estimate of drug-likeness (QED) is 0.417. The first-order valence-corrected chi connectivity index (χ1v) is 5.89. The molecule has 0 saturated carbocycles. The summed E-state index contributed by atoms with van der Waals surface area (Å²) in [5, 5.41) is 9.23. The Morgan fingerprint density at radius 1 is 1.50 bits per heavy atom. The fraction of sp³-hybridized carbons (Fsp3) is 0.545. The first-order chi connectivity index (χ1) is 8.41. The third kappa shape index (κ3) is 3.99. The van der Waals surface area contributed by atoms with Gasteiger partial charge in [0.25, 0.3) is 0 Å². The zero-order chi connectivity index (χ0) is 13.7. The maximum atomic E-state index is 11.4. The smallest absolute Gasteiger partial charge is 0.334 e. The van der Waals surface area contributed by atoms with Crippen LogP contribution in [0.3, 0.4) is 0 Å². The van der Waals surface area contributed by atoms with Crippen molar-refractivity contribution < 1.29 is 19.4 Å². The molecule has 0 unspecified atom stereocenters. The SMILES string of the molecule is C=C(CC(=O)O)C(=O)OCCN1CCN(C)C1=S. The van der Waals surface area contributed by atoms with Crippen molar-refractivity contribution in [2.24, 2.45) is 0 Å². The molecule has 0 bridgehead atoms. The Bertz CT molecular complexity index is 383. The van der Waals surface area contributed by atoms with Gasteiger partial charge in [0.2, 0.25) is 0 Å². The summed E-state index contributed by atoms with van der Waals surface area (Å²) in [6, 6.07) is 0. The summed E-state index contributed by atoms with van der Waals surface area (Å²) in [5.74, 6) is -1.77. The highest BCUT2D eigenvalue weighted by molar-refractivity contribution is 7.80. The standard InChI is InChI=1S/C11H16N2O4S/c1-8(7-9(14)15)10(16)17-6-5-13-4-3-12(2)11(13)18/h1,3-7H2,2H3,(H,14,15). The highest BCUT2D eigenvalue weighted by Gasteiger charge is 2.21. The van der Waals surface area contributed by atoms with Crippen LogP contribution in [0, 0.1) is 0 Å². The van der Waals surface area contributed by atoms with E-state index >= 15 is 0 Å². The minimum atomic E-state index is -1.10. The number of carboxylic acid groups (broad SMARTS) is 1. The van der Waals surface area contributed by atoms with Gasteiger partial charge in [0.15, 0.2) is 5.11 Å². The molecular weight excluding hydrogens is 256 g/mol. The van der Waals surface area contributed by atoms with Crippen LogP contribution in [-0.2, 0) is 14.3 Å². The largest absolute Gasteiger partial charge is 0.481 e. The maximum Gasteiger partial charge on any atom is 0.334 e. The Labute approximate surface area is 111 Å². The van der Waals surface area contributed by atoms with Crippen LogP contribution in [0.15, 0.2) is 12.2 Å². The normalized spacial score (nSPS) is 14.8. The number of hydrogen-bond acceptors (Lipinski definition) is 4. The van der Waals surface area contributed by atoms with E-state index in [-0.39, 0.29) is 12.2 Å². The van der Waals surface area contributed by atoms with E-state index in [2.05, 4.69) is 6.58 Å². The number of aliphatic carboxylic acids is 1. The van der Waals surface area contributed by atoms with Gasteiger partial charge in [-0.15, -0.1) is 0 Å². The lowest BCUT2D eigenvalue weighted by Gasteiger charge is -2.18. The van der Waals surface area contributed by atoms with Gasteiger partial charge < -0.3 is 19.6 Å². The number of thiocarbonyl (C=S) groups is 1. The fourth-order valence-electron chi connectivity index (χ4n) is 1.52. The predicted octanol–water partition coefficient (Wildman–Crippen LogP) is 0.0928. The van der Waals surface area contributed by atoms with Crippen LogP contribution in [0.2, 0.25) is 0 Å². The van der Waals surface area contributed by atoms with Gasteiger partial charge in [-0.25, -0.2) is 4.79 Å². The predicted molar refractivity (Wildman–Crippen MR) is 69.2 cm³/mol. The van der Waals surface area contributed by atoms with Crippen molar-refractivity contribution >= 4 is 29.3 Å². The Balaban J connectivity index is 2.26. The molecule has 100 valence electrons. The highest BCUT2D eigenvalue weighted by atomic mass is 32.1. The molecule has 1 N–H and O–H groups in total. The second-order valence-electron chi connectivity index (χ2n) is 4.00. The van der Waals surface area contributed by atoms with Gasteiger partial charge >= 0.3 is 11.9 Å². The average molecular weight is 272 g/mol. The summed E-state index contributed by atoms with van der Waals surface area (Å²) < 4.78 is 4.93. The van der Waals surface area contributed by atoms with E-state index < -0.39 is 18.4 Å². The number of carbonyl (C=O) groups is 2. The number of nitrogens with zero attached hydrogens (tertiary/aromatic N) is 2. The van der Waals surface area contributed by atoms with E-state index in [1.54, 1.807) is 0 Å². The van der Waals surface area contributed by atoms with E-state index in [9.17, 15) is 9.59 Å². The fourth-order valence-corrected chi connectivity index (χ4v) is 1.79. The minimum absolute atomic E-state index is 0.0522. The maximum absolute atomic E-state index is 11.4. The summed E-state index contributed by atoms with van der Waals surface area (Å²) >= 11 is 5.17. The number of carboxylic acids is 1. The second kappa shape index (κ2) is 6.34. The lowest BCUT2D eigenvalue weighted by molar-refractivity contribution is -0.142. The molecule has 1 saturated heterocycles. The van der Waals surface area contributed by atoms with Crippen molar-refractivity contribution in [2.45, 2.75) is 6.42 Å². The zero-order valence-corrected chi connectivity index (χ0v) is 11.0. The summed E-state index contributed by atoms with van der Waals surface area (Å²) in [7, 11) is 1.91. The van der Waals surface area contributed by atoms with E-state index in [1.807, 2.05) is 16.8 Å². The molecule has 0 aliphatic carbocycles. The Morgan fingerprint density at radius 3 is 2.67 bits per heavy atom. The molecule has 0 amide bonds. The van der Waals surface area contributed by atoms with Gasteiger partial charge in [-0.05, 0) is 12.2 Å². The van der Waals surface area contributed by atoms with Crippen LogP contribution in [0.4, 0.5) is 0 Å². The topological polar surface area (TPSA) is 70.1 Å². The van der Waals surface area contributed by atoms with Crippen LogP contribution in [0.25, 0.3) is 0 Å². The molecule has 7 heteroatoms. The van der Waals surface area contributed by atoms with Crippen LogP contribution in [-0.4, -0.2) is 65.2 Å². The molecule has 6 nitrogen and oxygen atoms in total. The van der Waals surface area contributed by atoms with Crippen LogP contribution in [0.1, 0.15) is 6.42 Å². The molecule has 1 heterocycles. The van der Waals surface area contributed by atoms with Gasteiger partial charge in [-0.1, -0.05) is 6.58 Å². The first kappa shape index (κ1) is 14.4. The lowest BCUT2D eigenvalue weighted by atomic mass is 10.2. The molecule has 0 atom stereocenters. The van der Waals surface area contributed by atoms with Crippen molar-refractivity contribution in [3.05, 3.63) is 12.2 Å². The third-order valence-electron chi connectivity index (χ3n) is 2.55. The van der Waals surface area contributed by atoms with Gasteiger partial charge in [-0.3, -0.25) is 4.79 Å². The molecule has 1 fully saturated rings. The molecular formula is C11H16N2O4S. The van der Waals surface area contributed by atoms with E-state index in [0.29, 0.717) is 6.54 Å². The highest BCUT2D eigenvalue weighted by Crippen LogP contribution is 2.06. The van der Waals surface area contributed by atoms with Gasteiger partial charge in [0.05, 0.1) is 13.0 Å². The van der Waals surface area contributed by atoms with Crippen molar-refractivity contribution in [1.29, 1.82) is 0 Å². The number of carbonyl (C=O) groups excluding carboxylic acids is 1. The van der Waals surface area contributed by atoms with E-state index in [0.717, 1.165) is 18.2 Å². The summed E-state index contributed by atoms with van der Waals surface area (Å²) in [4.78, 5) is 25.6. The van der Waals surface area contributed by atoms with E-state index in [1.165, 1.54) is 0 Å². The molecule has 1 aliphatic rings. The van der Waals surface area contributed by atoms with Gasteiger partial charge in [-0.2, -0.15) is 0 Å². The number of esters is 1. The molecule has 0 aromatic heterocycles. The average Bonchev–Trinajstić information content (AvgIpc) is 2.59. The van der Waals surface area contributed by atoms with Gasteiger partial charge in [0, 0.05) is 25.7 Å². The zero-order valence-electron chi connectivity index (χ0n) is 10.2. The van der Waals surface area contributed by atoms with Crippen LogP contribution >= 0.6 is 12.2 Å². The summed E-state index contributed by atoms with van der Waals surface area (Å²) in [5.41, 5.74) is -0.0522. The Hall–Kier alpha value is -1.63. The van der Waals surface area contributed by atoms with Crippen molar-refractivity contribution in [2.75, 3.05) is 33.3 Å². The third-order valence-corrected chi connectivity index (χ3v) is 3.12. The van der Waals surface area contributed by atoms with Gasteiger partial charge in [0.1, 0.15) is 6.61 Å². The number of likely N-dealkylation sites (N-methyl/N-ethyl adjacent to an activating group) is 1. The molecule has 0 radical (unpaired) electrons. The van der Waals surface area contributed by atoms with Crippen LogP contribution in [0.5, 0.6) is 0 Å². The first-order valence-electron chi connectivity index (χ1n) is 5.48. The summed E-state index contributed by atoms with van der Waals surface area (Å²) in [6.07, 6.45) is -0.399. The van der Waals surface area contributed by atoms with Crippen LogP contribution < -0.4 is 0 Å². The van der Waals surface area contributed by atoms with Crippen molar-refractivity contribution in [3.8, 4) is 0 Å². The number of ether oxygens (including phenoxy) is 1. The summed E-state index contributed by atoms with van der Waals surface area (Å²) in [6.45, 7) is 5.72. The second-order valence-corrected chi connectivity index (χ2v) is 4.37. The number of hydrogen-bond donors (Lipinski definition) is 1. The number of rotatable bonds is 6. The Morgan fingerprint density at radius 2 is 2.17 bits per heavy atom. The van der Waals surface area contributed by atoms with Crippen molar-refractivity contribution in [3.63, 3.8) is 0 Å². The molecule has 0 aromatic rings. The molecule has 0 spiro atoms. The Kier molecular flexibility index (Phi) is 5.08.